The number of nitrogens with one attached hydrogen (secondary N) is 1. The van der Waals surface area contributed by atoms with Crippen LogP contribution in [0.25, 0.3) is 0 Å². The monoisotopic (exact) mass is 487 g/mol. The molecule has 0 bridgehead atoms. The van der Waals surface area contributed by atoms with Gasteiger partial charge in [-0.3, -0.25) is 4.79 Å². The molecule has 0 fully saturated rings. The number of thiophene rings is 1. The second-order valence-electron chi connectivity index (χ2n) is 7.87. The van der Waals surface area contributed by atoms with Gasteiger partial charge in [0.25, 0.3) is 0 Å². The van der Waals surface area contributed by atoms with Crippen LogP contribution in [0.1, 0.15) is 36.6 Å². The van der Waals surface area contributed by atoms with Crippen molar-refractivity contribution >= 4 is 32.8 Å². The molecule has 1 unspecified atom stereocenters. The van der Waals surface area contributed by atoms with E-state index in [1.807, 2.05) is 26.0 Å². The van der Waals surface area contributed by atoms with Gasteiger partial charge in [0, 0.05) is 28.2 Å². The molecule has 0 saturated carbocycles. The Balaban J connectivity index is 1.82. The van der Waals surface area contributed by atoms with Crippen LogP contribution >= 0.6 is 11.3 Å². The van der Waals surface area contributed by atoms with E-state index in [1.54, 1.807) is 30.7 Å². The predicted octanol–water partition coefficient (Wildman–Crippen LogP) is 4.86. The van der Waals surface area contributed by atoms with Gasteiger partial charge in [-0.25, -0.2) is 8.42 Å². The molecule has 1 amide bonds. The molecule has 1 aliphatic rings. The predicted molar refractivity (Wildman–Crippen MR) is 127 cm³/mol. The van der Waals surface area contributed by atoms with E-state index in [2.05, 4.69) is 5.32 Å². The fourth-order valence-corrected chi connectivity index (χ4v) is 6.76. The largest absolute Gasteiger partial charge is 0.497 e. The van der Waals surface area contributed by atoms with Gasteiger partial charge in [-0.2, -0.15) is 0 Å². The molecule has 0 saturated heterocycles. The van der Waals surface area contributed by atoms with Crippen molar-refractivity contribution in [2.24, 2.45) is 0 Å². The minimum atomic E-state index is -3.85. The molecule has 1 aliphatic heterocycles. The number of carbonyl (C=O) groups is 1. The van der Waals surface area contributed by atoms with Crippen LogP contribution in [0.3, 0.4) is 0 Å². The number of amides is 1. The van der Waals surface area contributed by atoms with Crippen molar-refractivity contribution in [1.82, 2.24) is 0 Å². The third-order valence-electron chi connectivity index (χ3n) is 5.37. The number of hydrogen-bond donors (Lipinski definition) is 1. The number of benzene rings is 2. The number of methoxy groups -OCH3 is 2. The van der Waals surface area contributed by atoms with E-state index in [0.717, 1.165) is 10.4 Å². The lowest BCUT2D eigenvalue weighted by Crippen LogP contribution is -2.24. The third-order valence-corrected chi connectivity index (χ3v) is 8.41. The first-order chi connectivity index (χ1) is 15.8. The number of ether oxygens (including phenoxy) is 3. The number of carbonyl (C=O) groups excluding carboxylic acids is 1. The maximum absolute atomic E-state index is 13.4. The molecule has 1 atom stereocenters. The van der Waals surface area contributed by atoms with Gasteiger partial charge in [-0.05, 0) is 44.2 Å². The molecule has 2 heterocycles. The topological polar surface area (TPSA) is 90.9 Å². The maximum atomic E-state index is 13.4. The number of para-hydroxylation sites is 1. The summed E-state index contributed by atoms with van der Waals surface area (Å²) < 4.78 is 43.5. The minimum Gasteiger partial charge on any atom is -0.497 e. The molecule has 0 aliphatic carbocycles. The first-order valence-electron chi connectivity index (χ1n) is 10.4. The Morgan fingerprint density at radius 3 is 2.42 bits per heavy atom. The van der Waals surface area contributed by atoms with Gasteiger partial charge in [0.2, 0.25) is 15.7 Å². The number of sulfone groups is 1. The average molecular weight is 488 g/mol. The lowest BCUT2D eigenvalue weighted by Gasteiger charge is -2.27. The zero-order valence-electron chi connectivity index (χ0n) is 18.7. The van der Waals surface area contributed by atoms with Crippen molar-refractivity contribution in [1.29, 1.82) is 0 Å². The zero-order valence-corrected chi connectivity index (χ0v) is 20.4. The highest BCUT2D eigenvalue weighted by atomic mass is 32.2. The van der Waals surface area contributed by atoms with Gasteiger partial charge >= 0.3 is 0 Å². The van der Waals surface area contributed by atoms with Gasteiger partial charge in [0.15, 0.2) is 11.5 Å². The van der Waals surface area contributed by atoms with E-state index in [1.165, 1.54) is 30.6 Å². The molecule has 1 aromatic heterocycles. The van der Waals surface area contributed by atoms with Gasteiger partial charge < -0.3 is 19.5 Å². The highest BCUT2D eigenvalue weighted by molar-refractivity contribution is 7.91. The van der Waals surface area contributed by atoms with Crippen molar-refractivity contribution in [3.8, 4) is 17.2 Å². The average Bonchev–Trinajstić information content (AvgIpc) is 3.23. The standard InChI is InChI=1S/C24H25NO6S2/c1-14(2)31-23-17(6-5-7-19(23)30-4)18-12-21(26)25-22-20(13-32-24(18)22)33(27,28)16-10-8-15(29-3)9-11-16/h5-11,13-14,18H,12H2,1-4H3,(H,25,26). The number of hydrogen-bond acceptors (Lipinski definition) is 7. The summed E-state index contributed by atoms with van der Waals surface area (Å²) in [5, 5.41) is 4.38. The molecule has 0 radical (unpaired) electrons. The third kappa shape index (κ3) is 4.30. The van der Waals surface area contributed by atoms with E-state index in [-0.39, 0.29) is 34.1 Å². The van der Waals surface area contributed by atoms with Crippen LogP contribution in [0, 0.1) is 0 Å². The molecule has 3 aromatic rings. The van der Waals surface area contributed by atoms with Crippen LogP contribution in [0.15, 0.2) is 57.6 Å². The van der Waals surface area contributed by atoms with Crippen molar-refractivity contribution in [3.05, 3.63) is 58.3 Å². The van der Waals surface area contributed by atoms with E-state index >= 15 is 0 Å². The van der Waals surface area contributed by atoms with Crippen molar-refractivity contribution in [3.63, 3.8) is 0 Å². The highest BCUT2D eigenvalue weighted by Crippen LogP contribution is 2.49. The Kier molecular flexibility index (Phi) is 6.36. The first kappa shape index (κ1) is 23.1. The molecule has 1 N–H and O–H groups in total. The van der Waals surface area contributed by atoms with Crippen molar-refractivity contribution in [2.45, 2.75) is 42.1 Å². The van der Waals surface area contributed by atoms with E-state index in [0.29, 0.717) is 22.9 Å². The van der Waals surface area contributed by atoms with E-state index < -0.39 is 9.84 Å². The van der Waals surface area contributed by atoms with Crippen LogP contribution in [-0.2, 0) is 14.6 Å². The molecule has 33 heavy (non-hydrogen) atoms. The summed E-state index contributed by atoms with van der Waals surface area (Å²) >= 11 is 1.31. The fraction of sp³-hybridized carbons (Fsp3) is 0.292. The lowest BCUT2D eigenvalue weighted by atomic mass is 9.89. The quantitative estimate of drug-likeness (QED) is 0.512. The van der Waals surface area contributed by atoms with Crippen LogP contribution < -0.4 is 19.5 Å². The number of rotatable bonds is 7. The molecule has 4 rings (SSSR count). The second kappa shape index (κ2) is 9.07. The van der Waals surface area contributed by atoms with Crippen LogP contribution in [0.5, 0.6) is 17.2 Å². The van der Waals surface area contributed by atoms with Gasteiger partial charge in [-0.1, -0.05) is 12.1 Å². The van der Waals surface area contributed by atoms with Gasteiger partial charge in [-0.15, -0.1) is 11.3 Å². The molecule has 9 heteroatoms. The summed E-state index contributed by atoms with van der Waals surface area (Å²) in [5.74, 6) is 1.08. The molecular formula is C24H25NO6S2. The summed E-state index contributed by atoms with van der Waals surface area (Å²) in [6, 6.07) is 11.7. The summed E-state index contributed by atoms with van der Waals surface area (Å²) in [5.41, 5.74) is 1.12. The molecular weight excluding hydrogens is 462 g/mol. The fourth-order valence-electron chi connectivity index (χ4n) is 3.86. The van der Waals surface area contributed by atoms with E-state index in [9.17, 15) is 13.2 Å². The number of anilines is 1. The maximum Gasteiger partial charge on any atom is 0.225 e. The van der Waals surface area contributed by atoms with Crippen LogP contribution in [0.2, 0.25) is 0 Å². The van der Waals surface area contributed by atoms with Gasteiger partial charge in [0.1, 0.15) is 10.6 Å². The highest BCUT2D eigenvalue weighted by Gasteiger charge is 2.36. The summed E-state index contributed by atoms with van der Waals surface area (Å²) in [6.07, 6.45) is 0.0724. The molecule has 7 nitrogen and oxygen atoms in total. The van der Waals surface area contributed by atoms with Crippen molar-refractivity contribution < 1.29 is 27.4 Å². The lowest BCUT2D eigenvalue weighted by molar-refractivity contribution is -0.116. The Hall–Kier alpha value is -3.04. The minimum absolute atomic E-state index is 0.0833. The molecule has 2 aromatic carbocycles. The number of fused-ring (bicyclic) bond motifs is 1. The Morgan fingerprint density at radius 1 is 1.06 bits per heavy atom. The Bertz CT molecular complexity index is 1280. The normalized spacial score (nSPS) is 15.7. The van der Waals surface area contributed by atoms with Crippen LogP contribution in [0.4, 0.5) is 5.69 Å². The first-order valence-corrected chi connectivity index (χ1v) is 12.8. The molecule has 0 spiro atoms. The second-order valence-corrected chi connectivity index (χ2v) is 10.7. The van der Waals surface area contributed by atoms with Crippen molar-refractivity contribution in [2.75, 3.05) is 19.5 Å². The van der Waals surface area contributed by atoms with Gasteiger partial charge in [0.05, 0.1) is 30.9 Å². The smallest absolute Gasteiger partial charge is 0.225 e. The van der Waals surface area contributed by atoms with Crippen LogP contribution in [-0.4, -0.2) is 34.6 Å². The Morgan fingerprint density at radius 2 is 1.79 bits per heavy atom. The molecule has 174 valence electrons. The SMILES string of the molecule is COc1ccc(S(=O)(=O)c2csc3c2NC(=O)CC3c2cccc(OC)c2OC(C)C)cc1. The zero-order chi connectivity index (χ0) is 23.8. The van der Waals surface area contributed by atoms with E-state index in [4.69, 9.17) is 14.2 Å². The Labute approximate surface area is 197 Å². The summed E-state index contributed by atoms with van der Waals surface area (Å²) in [4.78, 5) is 13.7. The summed E-state index contributed by atoms with van der Waals surface area (Å²) in [7, 11) is -0.765. The summed E-state index contributed by atoms with van der Waals surface area (Å²) in [6.45, 7) is 3.83.